The van der Waals surface area contributed by atoms with Gasteiger partial charge in [-0.25, -0.2) is 0 Å². The average Bonchev–Trinajstić information content (AvgIpc) is 2.78. The predicted molar refractivity (Wildman–Crippen MR) is 78.2 cm³/mol. The third-order valence-corrected chi connectivity index (χ3v) is 3.95. The molecule has 2 nitrogen and oxygen atoms in total. The van der Waals surface area contributed by atoms with Gasteiger partial charge in [-0.1, -0.05) is 13.0 Å². The highest BCUT2D eigenvalue weighted by Gasteiger charge is 2.16. The number of nitrogens with one attached hydrogen (secondary N) is 1. The number of aryl methyl sites for hydroxylation is 2. The monoisotopic (exact) mass is 260 g/mol. The molecule has 2 rings (SSSR count). The molecule has 0 amide bonds. The van der Waals surface area contributed by atoms with E-state index in [9.17, 15) is 0 Å². The lowest BCUT2D eigenvalue weighted by atomic mass is 9.99. The summed E-state index contributed by atoms with van der Waals surface area (Å²) in [6.45, 7) is 7.41. The van der Waals surface area contributed by atoms with Gasteiger partial charge in [0.1, 0.15) is 0 Å². The van der Waals surface area contributed by atoms with E-state index < -0.39 is 0 Å². The summed E-state index contributed by atoms with van der Waals surface area (Å²) in [6.07, 6.45) is 3.12. The van der Waals surface area contributed by atoms with Crippen molar-refractivity contribution in [2.75, 3.05) is 6.54 Å². The first-order chi connectivity index (χ1) is 8.72. The molecule has 0 saturated carbocycles. The fourth-order valence-corrected chi connectivity index (χ4v) is 2.89. The van der Waals surface area contributed by atoms with Gasteiger partial charge in [-0.05, 0) is 60.3 Å². The maximum absolute atomic E-state index is 4.41. The van der Waals surface area contributed by atoms with Crippen molar-refractivity contribution in [2.24, 2.45) is 0 Å². The number of rotatable bonds is 5. The number of thiophene rings is 1. The molecular formula is C15H20N2S. The molecule has 0 bridgehead atoms. The Kier molecular flexibility index (Phi) is 4.50. The topological polar surface area (TPSA) is 24.9 Å². The highest BCUT2D eigenvalue weighted by molar-refractivity contribution is 7.08. The van der Waals surface area contributed by atoms with Crippen LogP contribution in [0.3, 0.4) is 0 Å². The summed E-state index contributed by atoms with van der Waals surface area (Å²) < 4.78 is 0. The van der Waals surface area contributed by atoms with Crippen LogP contribution in [0.4, 0.5) is 0 Å². The zero-order chi connectivity index (χ0) is 13.0. The lowest BCUT2D eigenvalue weighted by molar-refractivity contribution is 0.596. The molecule has 2 heterocycles. The van der Waals surface area contributed by atoms with Gasteiger partial charge < -0.3 is 5.32 Å². The van der Waals surface area contributed by atoms with Crippen LogP contribution >= 0.6 is 11.3 Å². The van der Waals surface area contributed by atoms with Crippen molar-refractivity contribution in [2.45, 2.75) is 33.2 Å². The van der Waals surface area contributed by atoms with E-state index in [1.54, 1.807) is 11.3 Å². The molecule has 0 aliphatic rings. The zero-order valence-electron chi connectivity index (χ0n) is 11.2. The van der Waals surface area contributed by atoms with E-state index in [2.05, 4.69) is 47.0 Å². The molecule has 0 saturated heterocycles. The largest absolute Gasteiger partial charge is 0.306 e. The number of hydrogen-bond donors (Lipinski definition) is 1. The lowest BCUT2D eigenvalue weighted by Crippen LogP contribution is -2.23. The quantitative estimate of drug-likeness (QED) is 0.883. The fourth-order valence-electron chi connectivity index (χ4n) is 2.01. The minimum Gasteiger partial charge on any atom is -0.306 e. The highest BCUT2D eigenvalue weighted by Crippen LogP contribution is 2.27. The van der Waals surface area contributed by atoms with Crippen LogP contribution in [0.1, 0.15) is 41.8 Å². The van der Waals surface area contributed by atoms with E-state index in [-0.39, 0.29) is 6.04 Å². The number of hydrogen-bond acceptors (Lipinski definition) is 3. The Labute approximate surface area is 113 Å². The smallest absolute Gasteiger partial charge is 0.0602 e. The molecule has 0 aliphatic carbocycles. The maximum Gasteiger partial charge on any atom is 0.0602 e. The van der Waals surface area contributed by atoms with Crippen LogP contribution < -0.4 is 5.32 Å². The molecule has 1 atom stereocenters. The van der Waals surface area contributed by atoms with Gasteiger partial charge in [0.25, 0.3) is 0 Å². The summed E-state index contributed by atoms with van der Waals surface area (Å²) in [5, 5.41) is 8.06. The van der Waals surface area contributed by atoms with Gasteiger partial charge in [0, 0.05) is 11.9 Å². The predicted octanol–water partition coefficient (Wildman–Crippen LogP) is 3.85. The minimum atomic E-state index is 0.268. The molecule has 0 aliphatic heterocycles. The highest BCUT2D eigenvalue weighted by atomic mass is 32.1. The van der Waals surface area contributed by atoms with Crippen LogP contribution in [0.25, 0.3) is 0 Å². The van der Waals surface area contributed by atoms with Crippen LogP contribution in [0.15, 0.2) is 29.1 Å². The second kappa shape index (κ2) is 6.12. The van der Waals surface area contributed by atoms with Crippen molar-refractivity contribution < 1.29 is 0 Å². The van der Waals surface area contributed by atoms with Crippen LogP contribution in [0.2, 0.25) is 0 Å². The van der Waals surface area contributed by atoms with Crippen LogP contribution in [-0.2, 0) is 0 Å². The van der Waals surface area contributed by atoms with Crippen molar-refractivity contribution >= 4 is 11.3 Å². The van der Waals surface area contributed by atoms with E-state index in [1.165, 1.54) is 16.7 Å². The Bertz CT molecular complexity index is 487. The van der Waals surface area contributed by atoms with Crippen molar-refractivity contribution in [3.63, 3.8) is 0 Å². The van der Waals surface area contributed by atoms with Gasteiger partial charge in [-0.3, -0.25) is 4.98 Å². The molecule has 0 fully saturated rings. The number of nitrogens with zero attached hydrogens (tertiary/aromatic N) is 1. The summed E-state index contributed by atoms with van der Waals surface area (Å²) in [7, 11) is 0. The van der Waals surface area contributed by atoms with E-state index in [1.807, 2.05) is 13.1 Å². The van der Waals surface area contributed by atoms with Crippen LogP contribution in [0, 0.1) is 13.8 Å². The first-order valence-electron chi connectivity index (χ1n) is 6.41. The summed E-state index contributed by atoms with van der Waals surface area (Å²) in [5.41, 5.74) is 5.04. The molecule has 18 heavy (non-hydrogen) atoms. The molecule has 1 N–H and O–H groups in total. The van der Waals surface area contributed by atoms with Gasteiger partial charge in [-0.2, -0.15) is 11.3 Å². The van der Waals surface area contributed by atoms with E-state index in [0.29, 0.717) is 0 Å². The Morgan fingerprint density at radius 1 is 1.28 bits per heavy atom. The third kappa shape index (κ3) is 2.98. The standard InChI is InChI=1S/C15H20N2S/c1-4-7-16-15(14-10-18-9-11(14)2)13-6-5-12(3)17-8-13/h5-6,8-10,15-16H,4,7H2,1-3H3. The van der Waals surface area contributed by atoms with Crippen LogP contribution in [0.5, 0.6) is 0 Å². The minimum absolute atomic E-state index is 0.268. The number of pyridine rings is 1. The second-order valence-electron chi connectivity index (χ2n) is 4.63. The molecule has 0 spiro atoms. The van der Waals surface area contributed by atoms with Crippen molar-refractivity contribution in [1.82, 2.24) is 10.3 Å². The lowest BCUT2D eigenvalue weighted by Gasteiger charge is -2.19. The zero-order valence-corrected chi connectivity index (χ0v) is 12.1. The Hall–Kier alpha value is -1.19. The first kappa shape index (κ1) is 13.2. The van der Waals surface area contributed by atoms with Crippen molar-refractivity contribution in [3.8, 4) is 0 Å². The second-order valence-corrected chi connectivity index (χ2v) is 5.37. The van der Waals surface area contributed by atoms with Gasteiger partial charge in [0.05, 0.1) is 6.04 Å². The molecule has 0 radical (unpaired) electrons. The molecule has 96 valence electrons. The van der Waals surface area contributed by atoms with E-state index in [4.69, 9.17) is 0 Å². The summed E-state index contributed by atoms with van der Waals surface area (Å²) in [4.78, 5) is 4.41. The van der Waals surface area contributed by atoms with Gasteiger partial charge in [-0.15, -0.1) is 0 Å². The van der Waals surface area contributed by atoms with Crippen molar-refractivity contribution in [3.05, 3.63) is 51.5 Å². The normalized spacial score (nSPS) is 12.6. The Morgan fingerprint density at radius 3 is 2.67 bits per heavy atom. The van der Waals surface area contributed by atoms with Gasteiger partial charge in [0.15, 0.2) is 0 Å². The number of aromatic nitrogens is 1. The van der Waals surface area contributed by atoms with Gasteiger partial charge >= 0.3 is 0 Å². The first-order valence-corrected chi connectivity index (χ1v) is 7.35. The average molecular weight is 260 g/mol. The summed E-state index contributed by atoms with van der Waals surface area (Å²) in [5.74, 6) is 0. The molecule has 0 aromatic carbocycles. The molecule has 2 aromatic heterocycles. The molecular weight excluding hydrogens is 240 g/mol. The molecule has 2 aromatic rings. The van der Waals surface area contributed by atoms with E-state index >= 15 is 0 Å². The molecule has 3 heteroatoms. The summed E-state index contributed by atoms with van der Waals surface area (Å²) in [6, 6.07) is 4.52. The Morgan fingerprint density at radius 2 is 2.11 bits per heavy atom. The Balaban J connectivity index is 2.30. The van der Waals surface area contributed by atoms with Crippen molar-refractivity contribution in [1.29, 1.82) is 0 Å². The summed E-state index contributed by atoms with van der Waals surface area (Å²) >= 11 is 1.77. The van der Waals surface area contributed by atoms with E-state index in [0.717, 1.165) is 18.7 Å². The SMILES string of the molecule is CCCNC(c1ccc(C)nc1)c1cscc1C. The maximum atomic E-state index is 4.41. The fraction of sp³-hybridized carbons (Fsp3) is 0.400. The third-order valence-electron chi connectivity index (χ3n) is 3.07. The van der Waals surface area contributed by atoms with Crippen LogP contribution in [-0.4, -0.2) is 11.5 Å². The molecule has 1 unspecified atom stereocenters. The van der Waals surface area contributed by atoms with Gasteiger partial charge in [0.2, 0.25) is 0 Å².